The molecule has 120 valence electrons. The van der Waals surface area contributed by atoms with Crippen molar-refractivity contribution in [2.45, 2.75) is 19.4 Å². The first-order chi connectivity index (χ1) is 10.1. The molecule has 1 atom stereocenters. The SMILES string of the molecule is COCCOCCOc1c(Br)cc(CC(C)N)cc1OC. The summed E-state index contributed by atoms with van der Waals surface area (Å²) in [5.74, 6) is 1.37. The molecule has 0 radical (unpaired) electrons. The van der Waals surface area contributed by atoms with Gasteiger partial charge in [-0.1, -0.05) is 0 Å². The van der Waals surface area contributed by atoms with Crippen molar-refractivity contribution in [2.75, 3.05) is 40.6 Å². The molecule has 0 aliphatic rings. The van der Waals surface area contributed by atoms with Crippen LogP contribution in [-0.2, 0) is 15.9 Å². The van der Waals surface area contributed by atoms with Crippen LogP contribution in [-0.4, -0.2) is 46.7 Å². The Bertz CT molecular complexity index is 426. The molecule has 0 heterocycles. The van der Waals surface area contributed by atoms with Gasteiger partial charge in [-0.2, -0.15) is 0 Å². The molecule has 1 unspecified atom stereocenters. The van der Waals surface area contributed by atoms with Crippen LogP contribution in [0.15, 0.2) is 16.6 Å². The highest BCUT2D eigenvalue weighted by Crippen LogP contribution is 2.36. The fourth-order valence-electron chi connectivity index (χ4n) is 1.85. The molecule has 0 amide bonds. The number of rotatable bonds is 10. The molecule has 1 rings (SSSR count). The van der Waals surface area contributed by atoms with E-state index in [1.54, 1.807) is 14.2 Å². The third-order valence-electron chi connectivity index (χ3n) is 2.75. The van der Waals surface area contributed by atoms with Crippen LogP contribution in [0, 0.1) is 0 Å². The van der Waals surface area contributed by atoms with Gasteiger partial charge in [0.2, 0.25) is 0 Å². The average molecular weight is 362 g/mol. The van der Waals surface area contributed by atoms with Gasteiger partial charge in [-0.25, -0.2) is 0 Å². The number of methoxy groups -OCH3 is 2. The lowest BCUT2D eigenvalue weighted by Crippen LogP contribution is -2.18. The third kappa shape index (κ3) is 6.65. The minimum absolute atomic E-state index is 0.0996. The van der Waals surface area contributed by atoms with Crippen molar-refractivity contribution in [3.8, 4) is 11.5 Å². The number of hydrogen-bond donors (Lipinski definition) is 1. The predicted molar refractivity (Wildman–Crippen MR) is 86.2 cm³/mol. The lowest BCUT2D eigenvalue weighted by atomic mass is 10.1. The minimum Gasteiger partial charge on any atom is -0.493 e. The van der Waals surface area contributed by atoms with Crippen LogP contribution in [0.4, 0.5) is 0 Å². The maximum Gasteiger partial charge on any atom is 0.175 e. The van der Waals surface area contributed by atoms with Crippen molar-refractivity contribution >= 4 is 15.9 Å². The molecule has 0 bridgehead atoms. The van der Waals surface area contributed by atoms with Gasteiger partial charge in [0.25, 0.3) is 0 Å². The number of halogens is 1. The molecule has 0 fully saturated rings. The van der Waals surface area contributed by atoms with E-state index in [0.717, 1.165) is 16.5 Å². The van der Waals surface area contributed by atoms with Crippen LogP contribution >= 0.6 is 15.9 Å². The van der Waals surface area contributed by atoms with Crippen LogP contribution in [0.5, 0.6) is 11.5 Å². The summed E-state index contributed by atoms with van der Waals surface area (Å²) in [5.41, 5.74) is 6.94. The summed E-state index contributed by atoms with van der Waals surface area (Å²) < 4.78 is 22.2. The Balaban J connectivity index is 2.60. The highest BCUT2D eigenvalue weighted by atomic mass is 79.9. The van der Waals surface area contributed by atoms with Gasteiger partial charge < -0.3 is 24.7 Å². The predicted octanol–water partition coefficient (Wildman–Crippen LogP) is 2.39. The second-order valence-electron chi connectivity index (χ2n) is 4.74. The summed E-state index contributed by atoms with van der Waals surface area (Å²) in [4.78, 5) is 0. The van der Waals surface area contributed by atoms with Gasteiger partial charge in [-0.05, 0) is 47.0 Å². The monoisotopic (exact) mass is 361 g/mol. The van der Waals surface area contributed by atoms with Crippen LogP contribution in [0.2, 0.25) is 0 Å². The van der Waals surface area contributed by atoms with Crippen molar-refractivity contribution in [2.24, 2.45) is 5.73 Å². The van der Waals surface area contributed by atoms with Gasteiger partial charge in [0.1, 0.15) is 6.61 Å². The first-order valence-electron chi connectivity index (χ1n) is 6.90. The maximum atomic E-state index is 5.83. The molecule has 0 spiro atoms. The van der Waals surface area contributed by atoms with E-state index in [9.17, 15) is 0 Å². The zero-order chi connectivity index (χ0) is 15.7. The third-order valence-corrected chi connectivity index (χ3v) is 3.34. The lowest BCUT2D eigenvalue weighted by molar-refractivity contribution is 0.0538. The smallest absolute Gasteiger partial charge is 0.175 e. The zero-order valence-electron chi connectivity index (χ0n) is 12.9. The molecule has 0 aliphatic heterocycles. The molecule has 5 nitrogen and oxygen atoms in total. The fraction of sp³-hybridized carbons (Fsp3) is 0.600. The fourth-order valence-corrected chi connectivity index (χ4v) is 2.45. The summed E-state index contributed by atoms with van der Waals surface area (Å²) in [5, 5.41) is 0. The number of hydrogen-bond acceptors (Lipinski definition) is 5. The highest BCUT2D eigenvalue weighted by Gasteiger charge is 2.12. The van der Waals surface area contributed by atoms with Crippen molar-refractivity contribution in [3.05, 3.63) is 22.2 Å². The molecule has 0 aromatic heterocycles. The Morgan fingerprint density at radius 3 is 2.48 bits per heavy atom. The summed E-state index contributed by atoms with van der Waals surface area (Å²) in [6, 6.07) is 4.06. The van der Waals surface area contributed by atoms with Crippen molar-refractivity contribution in [1.82, 2.24) is 0 Å². The summed E-state index contributed by atoms with van der Waals surface area (Å²) in [6.07, 6.45) is 0.787. The van der Waals surface area contributed by atoms with E-state index in [-0.39, 0.29) is 6.04 Å². The average Bonchev–Trinajstić information content (AvgIpc) is 2.43. The van der Waals surface area contributed by atoms with E-state index in [1.165, 1.54) is 0 Å². The van der Waals surface area contributed by atoms with E-state index in [1.807, 2.05) is 19.1 Å². The molecule has 1 aromatic rings. The van der Waals surface area contributed by atoms with Crippen LogP contribution in [0.3, 0.4) is 0 Å². The Kier molecular flexibility index (Phi) is 8.68. The van der Waals surface area contributed by atoms with Gasteiger partial charge >= 0.3 is 0 Å². The molecule has 0 saturated carbocycles. The summed E-state index contributed by atoms with van der Waals surface area (Å²) >= 11 is 3.52. The Morgan fingerprint density at radius 2 is 1.86 bits per heavy atom. The van der Waals surface area contributed by atoms with Crippen LogP contribution in [0.25, 0.3) is 0 Å². The van der Waals surface area contributed by atoms with Crippen LogP contribution in [0.1, 0.15) is 12.5 Å². The first kappa shape index (κ1) is 18.2. The Hall–Kier alpha value is -0.820. The quantitative estimate of drug-likeness (QED) is 0.648. The van der Waals surface area contributed by atoms with Crippen molar-refractivity contribution < 1.29 is 18.9 Å². The molecule has 0 aliphatic carbocycles. The van der Waals surface area contributed by atoms with Crippen molar-refractivity contribution in [1.29, 1.82) is 0 Å². The van der Waals surface area contributed by atoms with Gasteiger partial charge in [0.05, 0.1) is 31.4 Å². The highest BCUT2D eigenvalue weighted by molar-refractivity contribution is 9.10. The van der Waals surface area contributed by atoms with Crippen LogP contribution < -0.4 is 15.2 Å². The standard InChI is InChI=1S/C15H24BrNO4/c1-11(17)8-12-9-13(16)15(14(10-12)19-3)21-7-6-20-5-4-18-2/h9-11H,4-8,17H2,1-3H3. The molecule has 21 heavy (non-hydrogen) atoms. The second kappa shape index (κ2) is 10.00. The summed E-state index contributed by atoms with van der Waals surface area (Å²) in [6.45, 7) is 4.07. The molecule has 0 saturated heterocycles. The van der Waals surface area contributed by atoms with Gasteiger partial charge in [-0.15, -0.1) is 0 Å². The second-order valence-corrected chi connectivity index (χ2v) is 5.60. The molecule has 6 heteroatoms. The van der Waals surface area contributed by atoms with Gasteiger partial charge in [-0.3, -0.25) is 0 Å². The van der Waals surface area contributed by atoms with E-state index >= 15 is 0 Å². The first-order valence-corrected chi connectivity index (χ1v) is 7.69. The zero-order valence-corrected chi connectivity index (χ0v) is 14.4. The van der Waals surface area contributed by atoms with E-state index in [4.69, 9.17) is 24.7 Å². The molecule has 2 N–H and O–H groups in total. The number of nitrogens with two attached hydrogens (primary N) is 1. The van der Waals surface area contributed by atoms with Gasteiger partial charge in [0, 0.05) is 13.2 Å². The topological polar surface area (TPSA) is 62.9 Å². The molecule has 1 aromatic carbocycles. The molecular weight excluding hydrogens is 338 g/mol. The minimum atomic E-state index is 0.0996. The van der Waals surface area contributed by atoms with E-state index in [2.05, 4.69) is 15.9 Å². The Labute approximate surface area is 134 Å². The number of benzene rings is 1. The normalized spacial score (nSPS) is 12.2. The Morgan fingerprint density at radius 1 is 1.14 bits per heavy atom. The van der Waals surface area contributed by atoms with Gasteiger partial charge in [0.15, 0.2) is 11.5 Å². The van der Waals surface area contributed by atoms with E-state index < -0.39 is 0 Å². The van der Waals surface area contributed by atoms with Crippen molar-refractivity contribution in [3.63, 3.8) is 0 Å². The molecular formula is C15H24BrNO4. The maximum absolute atomic E-state index is 5.83. The van der Waals surface area contributed by atoms with E-state index in [0.29, 0.717) is 37.9 Å². The summed E-state index contributed by atoms with van der Waals surface area (Å²) in [7, 11) is 3.27. The largest absolute Gasteiger partial charge is 0.493 e. The number of ether oxygens (including phenoxy) is 4. The lowest BCUT2D eigenvalue weighted by Gasteiger charge is -2.15.